The number of fused-ring (bicyclic) bond motifs is 1. The van der Waals surface area contributed by atoms with Crippen molar-refractivity contribution in [1.82, 2.24) is 9.97 Å². The van der Waals surface area contributed by atoms with Gasteiger partial charge < -0.3 is 0 Å². The van der Waals surface area contributed by atoms with Gasteiger partial charge in [0.1, 0.15) is 0 Å². The molecule has 0 spiro atoms. The summed E-state index contributed by atoms with van der Waals surface area (Å²) >= 11 is -0.148. The van der Waals surface area contributed by atoms with Crippen molar-refractivity contribution in [2.75, 3.05) is 5.32 Å². The first kappa shape index (κ1) is 20.5. The van der Waals surface area contributed by atoms with Gasteiger partial charge in [-0.1, -0.05) is 0 Å². The van der Waals surface area contributed by atoms with Crippen LogP contribution in [0.4, 0.5) is 11.5 Å². The van der Waals surface area contributed by atoms with Crippen LogP contribution in [0.2, 0.25) is 0 Å². The summed E-state index contributed by atoms with van der Waals surface area (Å²) < 4.78 is 1.75. The Hall–Kier alpha value is -2.25. The van der Waals surface area contributed by atoms with Crippen LogP contribution in [0.15, 0.2) is 18.2 Å². The SMILES string of the molecule is Cc1nc(Nc2cc(C(C)(C)C)[se]c2C(N)=O)c2cc(CO)c(CO)cc2n1. The number of primary amides is 1. The third-order valence-electron chi connectivity index (χ3n) is 4.42. The molecule has 2 aromatic heterocycles. The van der Waals surface area contributed by atoms with E-state index >= 15 is 0 Å². The fourth-order valence-electron chi connectivity index (χ4n) is 2.93. The van der Waals surface area contributed by atoms with Crippen molar-refractivity contribution in [3.05, 3.63) is 44.0 Å². The fraction of sp³-hybridized carbons (Fsp3) is 0.350. The number of hydrogen-bond acceptors (Lipinski definition) is 6. The molecule has 0 aliphatic carbocycles. The maximum absolute atomic E-state index is 12.0. The Morgan fingerprint density at radius 1 is 1.14 bits per heavy atom. The first-order valence-corrected chi connectivity index (χ1v) is 10.6. The number of carbonyl (C=O) groups excluding carboxylic acids is 1. The Kier molecular flexibility index (Phi) is 5.59. The number of aromatic nitrogens is 2. The fourth-order valence-corrected chi connectivity index (χ4v) is 5.08. The number of aliphatic hydroxyl groups is 2. The average molecular weight is 447 g/mol. The second-order valence-corrected chi connectivity index (χ2v) is 9.87. The molecule has 5 N–H and O–H groups in total. The van der Waals surface area contributed by atoms with E-state index in [-0.39, 0.29) is 33.1 Å². The quantitative estimate of drug-likeness (QED) is 0.445. The first-order valence-electron chi connectivity index (χ1n) is 8.87. The number of nitrogens with two attached hydrogens (primary N) is 1. The molecule has 148 valence electrons. The van der Waals surface area contributed by atoms with E-state index in [4.69, 9.17) is 5.73 Å². The average Bonchev–Trinajstić information content (AvgIpc) is 3.05. The van der Waals surface area contributed by atoms with Crippen LogP contribution >= 0.6 is 0 Å². The van der Waals surface area contributed by atoms with Crippen molar-refractivity contribution in [3.8, 4) is 0 Å². The number of benzene rings is 1. The number of aliphatic hydroxyl groups excluding tert-OH is 2. The molecule has 1 amide bonds. The van der Waals surface area contributed by atoms with Crippen molar-refractivity contribution < 1.29 is 15.0 Å². The Bertz CT molecular complexity index is 1050. The molecule has 8 heteroatoms. The van der Waals surface area contributed by atoms with E-state index in [1.807, 2.05) is 6.07 Å². The molecule has 2 heterocycles. The molecule has 0 aliphatic heterocycles. The molecule has 7 nitrogen and oxygen atoms in total. The number of amides is 1. The standard InChI is InChI=1S/C20H24N4O3Se/c1-10-22-14-6-12(9-26)11(8-25)5-13(14)19(23-10)24-15-7-16(20(2,3)4)28-17(15)18(21)27/h5-7,25-26H,8-9H2,1-4H3,(H2,21,27)(H,22,23,24). The normalized spacial score (nSPS) is 11.8. The van der Waals surface area contributed by atoms with E-state index in [0.717, 1.165) is 0 Å². The molecule has 1 aromatic carbocycles. The molecule has 0 radical (unpaired) electrons. The summed E-state index contributed by atoms with van der Waals surface area (Å²) in [6.07, 6.45) is 0. The van der Waals surface area contributed by atoms with Gasteiger partial charge >= 0.3 is 169 Å². The molecular weight excluding hydrogens is 423 g/mol. The zero-order valence-corrected chi connectivity index (χ0v) is 18.0. The second-order valence-electron chi connectivity index (χ2n) is 7.67. The summed E-state index contributed by atoms with van der Waals surface area (Å²) in [5.41, 5.74) is 8.11. The van der Waals surface area contributed by atoms with Crippen molar-refractivity contribution in [2.45, 2.75) is 46.3 Å². The van der Waals surface area contributed by atoms with Gasteiger partial charge in [-0.15, -0.1) is 0 Å². The molecular formula is C20H24N4O3Se. The van der Waals surface area contributed by atoms with E-state index in [9.17, 15) is 15.0 Å². The Balaban J connectivity index is 2.17. The number of hydrogen-bond donors (Lipinski definition) is 4. The Labute approximate surface area is 169 Å². The number of nitrogens with zero attached hydrogens (tertiary/aromatic N) is 2. The topological polar surface area (TPSA) is 121 Å². The van der Waals surface area contributed by atoms with Crippen LogP contribution in [0.3, 0.4) is 0 Å². The van der Waals surface area contributed by atoms with Crippen LogP contribution in [0.5, 0.6) is 0 Å². The number of carbonyl (C=O) groups is 1. The van der Waals surface area contributed by atoms with Crippen LogP contribution in [0.1, 0.15) is 51.4 Å². The minimum absolute atomic E-state index is 0.0616. The summed E-state index contributed by atoms with van der Waals surface area (Å²) in [6, 6.07) is 5.50. The summed E-state index contributed by atoms with van der Waals surface area (Å²) in [5.74, 6) is 0.657. The van der Waals surface area contributed by atoms with Gasteiger partial charge in [0.25, 0.3) is 0 Å². The van der Waals surface area contributed by atoms with Crippen molar-refractivity contribution in [3.63, 3.8) is 0 Å². The van der Waals surface area contributed by atoms with E-state index in [2.05, 4.69) is 36.1 Å². The van der Waals surface area contributed by atoms with Gasteiger partial charge in [-0.2, -0.15) is 0 Å². The number of anilines is 2. The van der Waals surface area contributed by atoms with Crippen LogP contribution in [0.25, 0.3) is 10.9 Å². The number of aryl methyl sites for hydroxylation is 1. The van der Waals surface area contributed by atoms with Gasteiger partial charge in [0.05, 0.1) is 0 Å². The number of nitrogens with one attached hydrogen (secondary N) is 1. The zero-order valence-electron chi connectivity index (χ0n) is 16.3. The van der Waals surface area contributed by atoms with Gasteiger partial charge in [-0.3, -0.25) is 0 Å². The van der Waals surface area contributed by atoms with E-state index < -0.39 is 5.91 Å². The first-order chi connectivity index (χ1) is 13.1. The van der Waals surface area contributed by atoms with Crippen molar-refractivity contribution in [2.24, 2.45) is 5.73 Å². The van der Waals surface area contributed by atoms with Gasteiger partial charge in [0.2, 0.25) is 0 Å². The summed E-state index contributed by atoms with van der Waals surface area (Å²) in [4.78, 5) is 20.9. The van der Waals surface area contributed by atoms with Crippen molar-refractivity contribution in [1.29, 1.82) is 0 Å². The van der Waals surface area contributed by atoms with Crippen LogP contribution < -0.4 is 11.1 Å². The van der Waals surface area contributed by atoms with Crippen LogP contribution in [0, 0.1) is 6.92 Å². The Morgan fingerprint density at radius 2 is 1.79 bits per heavy atom. The number of rotatable bonds is 5. The molecule has 28 heavy (non-hydrogen) atoms. The molecule has 0 atom stereocenters. The van der Waals surface area contributed by atoms with Gasteiger partial charge in [0, 0.05) is 0 Å². The molecule has 3 rings (SSSR count). The minimum atomic E-state index is -0.438. The Morgan fingerprint density at radius 3 is 2.36 bits per heavy atom. The summed E-state index contributed by atoms with van der Waals surface area (Å²) in [6.45, 7) is 7.71. The third kappa shape index (κ3) is 3.95. The van der Waals surface area contributed by atoms with E-state index in [1.165, 1.54) is 4.44 Å². The molecule has 0 aliphatic rings. The van der Waals surface area contributed by atoms with Crippen molar-refractivity contribution >= 4 is 42.8 Å². The van der Waals surface area contributed by atoms with Crippen LogP contribution in [-0.4, -0.2) is 40.6 Å². The predicted octanol–water partition coefficient (Wildman–Crippen LogP) is 2.12. The van der Waals surface area contributed by atoms with Gasteiger partial charge in [0.15, 0.2) is 0 Å². The monoisotopic (exact) mass is 448 g/mol. The molecule has 0 bridgehead atoms. The van der Waals surface area contributed by atoms with Gasteiger partial charge in [-0.05, 0) is 0 Å². The van der Waals surface area contributed by atoms with E-state index in [0.29, 0.717) is 43.8 Å². The predicted molar refractivity (Wildman–Crippen MR) is 110 cm³/mol. The molecule has 0 saturated heterocycles. The van der Waals surface area contributed by atoms with E-state index in [1.54, 1.807) is 19.1 Å². The third-order valence-corrected chi connectivity index (χ3v) is 7.72. The van der Waals surface area contributed by atoms with Gasteiger partial charge in [-0.25, -0.2) is 0 Å². The molecule has 3 aromatic rings. The zero-order chi connectivity index (χ0) is 20.6. The second kappa shape index (κ2) is 7.64. The van der Waals surface area contributed by atoms with Crippen LogP contribution in [-0.2, 0) is 18.6 Å². The summed E-state index contributed by atoms with van der Waals surface area (Å²) in [5, 5.41) is 23.1. The summed E-state index contributed by atoms with van der Waals surface area (Å²) in [7, 11) is 0. The molecule has 0 saturated carbocycles. The maximum atomic E-state index is 12.0. The molecule has 0 fully saturated rings. The molecule has 0 unspecified atom stereocenters.